The van der Waals surface area contributed by atoms with Gasteiger partial charge in [-0.25, -0.2) is 0 Å². The van der Waals surface area contributed by atoms with Gasteiger partial charge in [-0.3, -0.25) is 4.79 Å². The van der Waals surface area contributed by atoms with Crippen LogP contribution in [0.25, 0.3) is 0 Å². The molecule has 116 valence electrons. The van der Waals surface area contributed by atoms with Gasteiger partial charge < -0.3 is 19.9 Å². The van der Waals surface area contributed by atoms with Gasteiger partial charge in [0.2, 0.25) is 5.91 Å². The molecule has 0 spiro atoms. The van der Waals surface area contributed by atoms with Gasteiger partial charge in [-0.1, -0.05) is 19.0 Å². The smallest absolute Gasteiger partial charge is 0.234 e. The predicted octanol–water partition coefficient (Wildman–Crippen LogP) is 1.07. The van der Waals surface area contributed by atoms with E-state index in [1.54, 1.807) is 7.11 Å². The zero-order valence-corrected chi connectivity index (χ0v) is 13.1. The summed E-state index contributed by atoms with van der Waals surface area (Å²) in [7, 11) is 1.63. The van der Waals surface area contributed by atoms with Crippen molar-refractivity contribution >= 4 is 18.3 Å². The second-order valence-corrected chi connectivity index (χ2v) is 4.18. The number of aromatic nitrogens is 1. The Morgan fingerprint density at radius 3 is 2.70 bits per heavy atom. The molecular formula is C13H24ClN3O3. The number of hydrogen-bond donors (Lipinski definition) is 2. The fraction of sp³-hybridized carbons (Fsp3) is 0.692. The van der Waals surface area contributed by atoms with Gasteiger partial charge in [-0.05, 0) is 6.42 Å². The lowest BCUT2D eigenvalue weighted by Crippen LogP contribution is -2.35. The fourth-order valence-corrected chi connectivity index (χ4v) is 1.76. The summed E-state index contributed by atoms with van der Waals surface area (Å²) >= 11 is 0. The highest BCUT2D eigenvalue weighted by Crippen LogP contribution is 2.15. The van der Waals surface area contributed by atoms with E-state index in [1.165, 1.54) is 0 Å². The molecule has 1 heterocycles. The standard InChI is InChI=1S/C13H23N3O3.ClH/c1-4-11-10(12(5-2)19-16-11)8-15-13(17)9-14-6-7-18-3;/h14H,4-9H2,1-3H3,(H,15,17);1H. The summed E-state index contributed by atoms with van der Waals surface area (Å²) in [6.07, 6.45) is 1.59. The Morgan fingerprint density at radius 1 is 1.35 bits per heavy atom. The van der Waals surface area contributed by atoms with E-state index >= 15 is 0 Å². The topological polar surface area (TPSA) is 76.4 Å². The molecule has 6 nitrogen and oxygen atoms in total. The van der Waals surface area contributed by atoms with Gasteiger partial charge in [0, 0.05) is 32.2 Å². The Balaban J connectivity index is 0.00000361. The van der Waals surface area contributed by atoms with Gasteiger partial charge in [-0.2, -0.15) is 0 Å². The molecule has 0 saturated carbocycles. The summed E-state index contributed by atoms with van der Waals surface area (Å²) in [6, 6.07) is 0. The first-order valence-electron chi connectivity index (χ1n) is 6.65. The average Bonchev–Trinajstić information content (AvgIpc) is 2.83. The maximum atomic E-state index is 11.6. The van der Waals surface area contributed by atoms with Gasteiger partial charge in [-0.15, -0.1) is 12.4 Å². The highest BCUT2D eigenvalue weighted by molar-refractivity contribution is 5.85. The Labute approximate surface area is 126 Å². The molecule has 1 amide bonds. The molecule has 1 rings (SSSR count). The lowest BCUT2D eigenvalue weighted by atomic mass is 10.1. The number of aryl methyl sites for hydroxylation is 2. The van der Waals surface area contributed by atoms with Crippen LogP contribution in [0.2, 0.25) is 0 Å². The molecule has 0 fully saturated rings. The number of nitrogens with one attached hydrogen (secondary N) is 2. The zero-order valence-electron chi connectivity index (χ0n) is 12.3. The van der Waals surface area contributed by atoms with Gasteiger partial charge in [0.15, 0.2) is 0 Å². The van der Waals surface area contributed by atoms with Crippen molar-refractivity contribution in [2.45, 2.75) is 33.2 Å². The van der Waals surface area contributed by atoms with E-state index in [0.717, 1.165) is 29.9 Å². The molecule has 2 N–H and O–H groups in total. The summed E-state index contributed by atoms with van der Waals surface area (Å²) in [5.74, 6) is 0.811. The van der Waals surface area contributed by atoms with Gasteiger partial charge in [0.25, 0.3) is 0 Å². The molecule has 0 aliphatic heterocycles. The first-order chi connectivity index (χ1) is 9.22. The van der Waals surface area contributed by atoms with Gasteiger partial charge in [0.05, 0.1) is 18.8 Å². The second kappa shape index (κ2) is 10.7. The number of ether oxygens (including phenoxy) is 1. The SMILES string of the molecule is CCc1noc(CC)c1CNC(=O)CNCCOC.Cl. The van der Waals surface area contributed by atoms with Crippen LogP contribution < -0.4 is 10.6 Å². The van der Waals surface area contributed by atoms with Gasteiger partial charge in [0.1, 0.15) is 5.76 Å². The molecule has 0 aromatic carbocycles. The maximum absolute atomic E-state index is 11.6. The van der Waals surface area contributed by atoms with E-state index in [4.69, 9.17) is 9.26 Å². The molecule has 7 heteroatoms. The van der Waals surface area contributed by atoms with Crippen LogP contribution in [0.1, 0.15) is 30.9 Å². The highest BCUT2D eigenvalue weighted by Gasteiger charge is 2.13. The van der Waals surface area contributed by atoms with Crippen molar-refractivity contribution in [3.63, 3.8) is 0 Å². The normalized spacial score (nSPS) is 10.2. The van der Waals surface area contributed by atoms with Crippen LogP contribution in [-0.4, -0.2) is 37.9 Å². The highest BCUT2D eigenvalue weighted by atomic mass is 35.5. The predicted molar refractivity (Wildman–Crippen MR) is 79.1 cm³/mol. The number of nitrogens with zero attached hydrogens (tertiary/aromatic N) is 1. The van der Waals surface area contributed by atoms with Gasteiger partial charge >= 0.3 is 0 Å². The molecular weight excluding hydrogens is 282 g/mol. The quantitative estimate of drug-likeness (QED) is 0.668. The van der Waals surface area contributed by atoms with E-state index in [-0.39, 0.29) is 24.9 Å². The molecule has 0 radical (unpaired) electrons. The minimum atomic E-state index is -0.0404. The summed E-state index contributed by atoms with van der Waals surface area (Å²) in [6.45, 7) is 6.06. The van der Waals surface area contributed by atoms with Crippen molar-refractivity contribution in [3.05, 3.63) is 17.0 Å². The lowest BCUT2D eigenvalue weighted by molar-refractivity contribution is -0.120. The number of carbonyl (C=O) groups is 1. The third-order valence-corrected chi connectivity index (χ3v) is 2.84. The van der Waals surface area contributed by atoms with Crippen molar-refractivity contribution in [2.24, 2.45) is 0 Å². The maximum Gasteiger partial charge on any atom is 0.234 e. The number of rotatable bonds is 9. The summed E-state index contributed by atoms with van der Waals surface area (Å²) in [5.41, 5.74) is 1.93. The molecule has 0 bridgehead atoms. The number of hydrogen-bond acceptors (Lipinski definition) is 5. The third-order valence-electron chi connectivity index (χ3n) is 2.84. The van der Waals surface area contributed by atoms with Crippen LogP contribution >= 0.6 is 12.4 Å². The largest absolute Gasteiger partial charge is 0.383 e. The van der Waals surface area contributed by atoms with Crippen LogP contribution in [0.3, 0.4) is 0 Å². The molecule has 0 aliphatic rings. The van der Waals surface area contributed by atoms with Crippen LogP contribution in [0.5, 0.6) is 0 Å². The minimum Gasteiger partial charge on any atom is -0.383 e. The van der Waals surface area contributed by atoms with Crippen molar-refractivity contribution in [1.29, 1.82) is 0 Å². The van der Waals surface area contributed by atoms with Crippen LogP contribution in [0.4, 0.5) is 0 Å². The molecule has 1 aromatic rings. The number of methoxy groups -OCH3 is 1. The summed E-state index contributed by atoms with van der Waals surface area (Å²) in [5, 5.41) is 9.88. The fourth-order valence-electron chi connectivity index (χ4n) is 1.76. The lowest BCUT2D eigenvalue weighted by Gasteiger charge is -2.07. The van der Waals surface area contributed by atoms with Crippen molar-refractivity contribution < 1.29 is 14.1 Å². The van der Waals surface area contributed by atoms with Crippen molar-refractivity contribution in [2.75, 3.05) is 26.8 Å². The van der Waals surface area contributed by atoms with Crippen molar-refractivity contribution in [1.82, 2.24) is 15.8 Å². The Kier molecular flexibility index (Phi) is 10.1. The number of halogens is 1. The first kappa shape index (κ1) is 18.9. The monoisotopic (exact) mass is 305 g/mol. The average molecular weight is 306 g/mol. The molecule has 0 atom stereocenters. The Morgan fingerprint density at radius 2 is 2.10 bits per heavy atom. The van der Waals surface area contributed by atoms with Crippen molar-refractivity contribution in [3.8, 4) is 0 Å². The zero-order chi connectivity index (χ0) is 14.1. The summed E-state index contributed by atoms with van der Waals surface area (Å²) < 4.78 is 10.1. The van der Waals surface area contributed by atoms with E-state index in [0.29, 0.717) is 19.7 Å². The summed E-state index contributed by atoms with van der Waals surface area (Å²) in [4.78, 5) is 11.6. The molecule has 0 unspecified atom stereocenters. The Bertz CT molecular complexity index is 375. The van der Waals surface area contributed by atoms with E-state index < -0.39 is 0 Å². The molecule has 0 aliphatic carbocycles. The number of amides is 1. The van der Waals surface area contributed by atoms with Crippen LogP contribution in [-0.2, 0) is 28.9 Å². The first-order valence-corrected chi connectivity index (χ1v) is 6.65. The molecule has 0 saturated heterocycles. The molecule has 20 heavy (non-hydrogen) atoms. The van der Waals surface area contributed by atoms with E-state index in [1.807, 2.05) is 13.8 Å². The van der Waals surface area contributed by atoms with E-state index in [9.17, 15) is 4.79 Å². The second-order valence-electron chi connectivity index (χ2n) is 4.18. The number of carbonyl (C=O) groups excluding carboxylic acids is 1. The van der Waals surface area contributed by atoms with Crippen LogP contribution in [0.15, 0.2) is 4.52 Å². The third kappa shape index (κ3) is 5.90. The van der Waals surface area contributed by atoms with E-state index in [2.05, 4.69) is 15.8 Å². The molecule has 1 aromatic heterocycles. The minimum absolute atomic E-state index is 0. The Hall–Kier alpha value is -1.11. The van der Waals surface area contributed by atoms with Crippen LogP contribution in [0, 0.1) is 0 Å².